The third-order valence-electron chi connectivity index (χ3n) is 4.08. The number of carbonyl (C=O) groups excluding carboxylic acids is 1. The SMILES string of the molecule is Cc1cc(NC(=O)c2ccc(C(C)(C)C)cc2)n(-c2ncc(Cl)cc2Cl)n1. The lowest BCUT2D eigenvalue weighted by Gasteiger charge is -2.19. The number of hydrogen-bond donors (Lipinski definition) is 1. The first kappa shape index (κ1) is 19.4. The zero-order valence-electron chi connectivity index (χ0n) is 15.5. The third kappa shape index (κ3) is 4.31. The molecular formula is C20H20Cl2N4O. The molecule has 0 aliphatic rings. The van der Waals surface area contributed by atoms with Crippen LogP contribution >= 0.6 is 23.2 Å². The normalized spacial score (nSPS) is 11.5. The summed E-state index contributed by atoms with van der Waals surface area (Å²) in [6.45, 7) is 8.22. The number of rotatable bonds is 3. The number of nitrogens with zero attached hydrogens (tertiary/aromatic N) is 3. The van der Waals surface area contributed by atoms with E-state index in [0.29, 0.717) is 27.2 Å². The number of aromatic nitrogens is 3. The van der Waals surface area contributed by atoms with Crippen molar-refractivity contribution in [3.63, 3.8) is 0 Å². The number of hydrogen-bond acceptors (Lipinski definition) is 3. The van der Waals surface area contributed by atoms with Crippen LogP contribution in [-0.4, -0.2) is 20.7 Å². The summed E-state index contributed by atoms with van der Waals surface area (Å²) in [5, 5.41) is 8.02. The lowest BCUT2D eigenvalue weighted by molar-refractivity contribution is 0.102. The van der Waals surface area contributed by atoms with Crippen LogP contribution in [0.15, 0.2) is 42.6 Å². The molecule has 0 fully saturated rings. The van der Waals surface area contributed by atoms with E-state index >= 15 is 0 Å². The molecule has 0 bridgehead atoms. The number of halogens is 2. The van der Waals surface area contributed by atoms with Gasteiger partial charge in [-0.15, -0.1) is 0 Å². The number of anilines is 1. The summed E-state index contributed by atoms with van der Waals surface area (Å²) < 4.78 is 1.50. The minimum absolute atomic E-state index is 0.0295. The molecular weight excluding hydrogens is 383 g/mol. The van der Waals surface area contributed by atoms with Crippen molar-refractivity contribution in [1.82, 2.24) is 14.8 Å². The molecule has 0 saturated carbocycles. The van der Waals surface area contributed by atoms with Gasteiger partial charge in [0.2, 0.25) is 0 Å². The molecule has 2 heterocycles. The van der Waals surface area contributed by atoms with Crippen molar-refractivity contribution in [3.05, 3.63) is 69.5 Å². The van der Waals surface area contributed by atoms with Gasteiger partial charge < -0.3 is 5.32 Å². The second-order valence-corrected chi connectivity index (χ2v) is 8.17. The highest BCUT2D eigenvalue weighted by Crippen LogP contribution is 2.26. The van der Waals surface area contributed by atoms with Crippen molar-refractivity contribution in [2.24, 2.45) is 0 Å². The molecule has 0 aliphatic carbocycles. The van der Waals surface area contributed by atoms with Crippen LogP contribution in [0.2, 0.25) is 10.0 Å². The first-order valence-electron chi connectivity index (χ1n) is 8.45. The van der Waals surface area contributed by atoms with Gasteiger partial charge in [-0.1, -0.05) is 56.1 Å². The Balaban J connectivity index is 1.89. The lowest BCUT2D eigenvalue weighted by atomic mass is 9.87. The number of nitrogens with one attached hydrogen (secondary N) is 1. The zero-order chi connectivity index (χ0) is 19.8. The van der Waals surface area contributed by atoms with Crippen molar-refractivity contribution >= 4 is 34.9 Å². The van der Waals surface area contributed by atoms with Gasteiger partial charge in [-0.05, 0) is 36.1 Å². The Morgan fingerprint density at radius 3 is 2.37 bits per heavy atom. The van der Waals surface area contributed by atoms with Gasteiger partial charge in [-0.2, -0.15) is 9.78 Å². The lowest BCUT2D eigenvalue weighted by Crippen LogP contribution is -2.16. The van der Waals surface area contributed by atoms with Crippen molar-refractivity contribution in [3.8, 4) is 5.82 Å². The Labute approximate surface area is 168 Å². The van der Waals surface area contributed by atoms with Crippen molar-refractivity contribution in [2.75, 3.05) is 5.32 Å². The molecule has 5 nitrogen and oxygen atoms in total. The van der Waals surface area contributed by atoms with Gasteiger partial charge in [0, 0.05) is 17.8 Å². The molecule has 0 unspecified atom stereocenters. The molecule has 0 saturated heterocycles. The van der Waals surface area contributed by atoms with E-state index in [2.05, 4.69) is 36.2 Å². The summed E-state index contributed by atoms with van der Waals surface area (Å²) in [5.74, 6) is 0.642. The number of carbonyl (C=O) groups is 1. The topological polar surface area (TPSA) is 59.8 Å². The number of benzene rings is 1. The predicted octanol–water partition coefficient (Wildman–Crippen LogP) is 5.43. The maximum Gasteiger partial charge on any atom is 0.256 e. The molecule has 0 spiro atoms. The Bertz CT molecular complexity index is 988. The number of aryl methyl sites for hydroxylation is 1. The van der Waals surface area contributed by atoms with E-state index in [1.165, 1.54) is 10.9 Å². The van der Waals surface area contributed by atoms with Gasteiger partial charge in [0.25, 0.3) is 5.91 Å². The number of pyridine rings is 1. The van der Waals surface area contributed by atoms with Crippen molar-refractivity contribution < 1.29 is 4.79 Å². The minimum Gasteiger partial charge on any atom is -0.306 e. The van der Waals surface area contributed by atoms with Gasteiger partial charge in [-0.25, -0.2) is 4.98 Å². The second kappa shape index (κ2) is 7.33. The molecule has 2 aromatic heterocycles. The average molecular weight is 403 g/mol. The fourth-order valence-electron chi connectivity index (χ4n) is 2.62. The molecule has 3 aromatic rings. The largest absolute Gasteiger partial charge is 0.306 e. The molecule has 0 aliphatic heterocycles. The van der Waals surface area contributed by atoms with Crippen LogP contribution in [0.4, 0.5) is 5.82 Å². The minimum atomic E-state index is -0.235. The van der Waals surface area contributed by atoms with Crippen LogP contribution in [0.5, 0.6) is 0 Å². The van der Waals surface area contributed by atoms with E-state index in [1.807, 2.05) is 31.2 Å². The summed E-state index contributed by atoms with van der Waals surface area (Å²) in [6.07, 6.45) is 1.48. The molecule has 140 valence electrons. The quantitative estimate of drug-likeness (QED) is 0.634. The fraction of sp³-hybridized carbons (Fsp3) is 0.250. The van der Waals surface area contributed by atoms with E-state index in [0.717, 1.165) is 11.3 Å². The molecule has 3 rings (SSSR count). The second-order valence-electron chi connectivity index (χ2n) is 7.32. The summed E-state index contributed by atoms with van der Waals surface area (Å²) in [5.41, 5.74) is 2.48. The van der Waals surface area contributed by atoms with Gasteiger partial charge in [0.05, 0.1) is 15.7 Å². The highest BCUT2D eigenvalue weighted by molar-refractivity contribution is 6.35. The van der Waals surface area contributed by atoms with E-state index in [4.69, 9.17) is 23.2 Å². The Morgan fingerprint density at radius 2 is 1.78 bits per heavy atom. The molecule has 0 atom stereocenters. The van der Waals surface area contributed by atoms with Crippen molar-refractivity contribution in [2.45, 2.75) is 33.1 Å². The van der Waals surface area contributed by atoms with Gasteiger partial charge in [-0.3, -0.25) is 4.79 Å². The van der Waals surface area contributed by atoms with Crippen LogP contribution < -0.4 is 5.32 Å². The van der Waals surface area contributed by atoms with Gasteiger partial charge in [0.1, 0.15) is 5.82 Å². The van der Waals surface area contributed by atoms with Crippen LogP contribution in [0.1, 0.15) is 42.4 Å². The maximum atomic E-state index is 12.7. The maximum absolute atomic E-state index is 12.7. The smallest absolute Gasteiger partial charge is 0.256 e. The van der Waals surface area contributed by atoms with E-state index in [9.17, 15) is 4.79 Å². The van der Waals surface area contributed by atoms with E-state index in [1.54, 1.807) is 12.1 Å². The standard InChI is InChI=1S/C20H20Cl2N4O/c1-12-9-17(26(25-12)18-16(22)10-15(21)11-23-18)24-19(27)13-5-7-14(8-6-13)20(2,3)4/h5-11H,1-4H3,(H,24,27). The van der Waals surface area contributed by atoms with E-state index in [-0.39, 0.29) is 11.3 Å². The summed E-state index contributed by atoms with van der Waals surface area (Å²) in [4.78, 5) is 16.9. The van der Waals surface area contributed by atoms with Crippen LogP contribution in [0.25, 0.3) is 5.82 Å². The third-order valence-corrected chi connectivity index (χ3v) is 4.56. The molecule has 1 amide bonds. The number of amides is 1. The van der Waals surface area contributed by atoms with Gasteiger partial charge in [0.15, 0.2) is 5.82 Å². The highest BCUT2D eigenvalue weighted by atomic mass is 35.5. The molecule has 1 N–H and O–H groups in total. The average Bonchev–Trinajstić information content (AvgIpc) is 2.94. The Morgan fingerprint density at radius 1 is 1.11 bits per heavy atom. The highest BCUT2D eigenvalue weighted by Gasteiger charge is 2.17. The molecule has 7 heteroatoms. The summed E-state index contributed by atoms with van der Waals surface area (Å²) in [6, 6.07) is 10.9. The first-order chi connectivity index (χ1) is 12.6. The summed E-state index contributed by atoms with van der Waals surface area (Å²) in [7, 11) is 0. The monoisotopic (exact) mass is 402 g/mol. The van der Waals surface area contributed by atoms with E-state index < -0.39 is 0 Å². The molecule has 27 heavy (non-hydrogen) atoms. The van der Waals surface area contributed by atoms with Crippen LogP contribution in [-0.2, 0) is 5.41 Å². The Hall–Kier alpha value is -2.37. The summed E-state index contributed by atoms with van der Waals surface area (Å²) >= 11 is 12.2. The molecule has 0 radical (unpaired) electrons. The van der Waals surface area contributed by atoms with Crippen LogP contribution in [0, 0.1) is 6.92 Å². The fourth-order valence-corrected chi connectivity index (χ4v) is 3.08. The van der Waals surface area contributed by atoms with Crippen LogP contribution in [0.3, 0.4) is 0 Å². The predicted molar refractivity (Wildman–Crippen MR) is 109 cm³/mol. The Kier molecular flexibility index (Phi) is 5.27. The van der Waals surface area contributed by atoms with Crippen molar-refractivity contribution in [1.29, 1.82) is 0 Å². The first-order valence-corrected chi connectivity index (χ1v) is 9.21. The van der Waals surface area contributed by atoms with Gasteiger partial charge >= 0.3 is 0 Å². The molecule has 1 aromatic carbocycles. The zero-order valence-corrected chi connectivity index (χ0v) is 17.1.